The van der Waals surface area contributed by atoms with E-state index >= 15 is 0 Å². The second-order valence-corrected chi connectivity index (χ2v) is 8.37. The van der Waals surface area contributed by atoms with Gasteiger partial charge < -0.3 is 9.64 Å². The van der Waals surface area contributed by atoms with E-state index in [0.717, 1.165) is 43.7 Å². The van der Waals surface area contributed by atoms with Gasteiger partial charge in [0, 0.05) is 17.5 Å². The number of fused-ring (bicyclic) bond motifs is 3. The van der Waals surface area contributed by atoms with Gasteiger partial charge in [-0.25, -0.2) is 19.1 Å². The van der Waals surface area contributed by atoms with E-state index < -0.39 is 0 Å². The Balaban J connectivity index is 1.64. The zero-order chi connectivity index (χ0) is 19.0. The number of ether oxygens (including phenoxy) is 1. The van der Waals surface area contributed by atoms with E-state index in [1.54, 1.807) is 17.0 Å². The van der Waals surface area contributed by atoms with Gasteiger partial charge in [-0.05, 0) is 70.0 Å². The molecule has 4 heterocycles. The molecule has 5 nitrogen and oxygen atoms in total. The van der Waals surface area contributed by atoms with Crippen LogP contribution in [0, 0.1) is 11.7 Å². The summed E-state index contributed by atoms with van der Waals surface area (Å²) in [7, 11) is 0. The number of anilines is 1. The van der Waals surface area contributed by atoms with Crippen molar-refractivity contribution in [1.82, 2.24) is 9.88 Å². The smallest absolute Gasteiger partial charge is 0.416 e. The fraction of sp³-hybridized carbons (Fsp3) is 0.500. The lowest BCUT2D eigenvalue weighted by Crippen LogP contribution is -2.59. The van der Waals surface area contributed by atoms with Gasteiger partial charge in [0.25, 0.3) is 0 Å². The van der Waals surface area contributed by atoms with Crippen LogP contribution in [-0.4, -0.2) is 47.8 Å². The summed E-state index contributed by atoms with van der Waals surface area (Å²) in [6.07, 6.45) is 1.69. The Morgan fingerprint density at radius 3 is 2.59 bits per heavy atom. The van der Waals surface area contributed by atoms with E-state index in [4.69, 9.17) is 9.72 Å². The number of carbonyl (C=O) groups excluding carboxylic acids is 1. The van der Waals surface area contributed by atoms with E-state index in [2.05, 4.69) is 4.90 Å². The Labute approximate surface area is 162 Å². The van der Waals surface area contributed by atoms with Gasteiger partial charge in [-0.2, -0.15) is 0 Å². The van der Waals surface area contributed by atoms with E-state index in [9.17, 15) is 9.18 Å². The van der Waals surface area contributed by atoms with Gasteiger partial charge in [0.15, 0.2) is 5.13 Å². The molecule has 3 saturated heterocycles. The average molecular weight is 389 g/mol. The molecular weight excluding hydrogens is 365 g/mol. The largest absolute Gasteiger partial charge is 0.446 e. The fourth-order valence-electron chi connectivity index (χ4n) is 3.97. The maximum absolute atomic E-state index is 13.2. The van der Waals surface area contributed by atoms with Gasteiger partial charge in [-0.3, -0.25) is 0 Å². The number of hydrogen-bond donors (Lipinski definition) is 0. The van der Waals surface area contributed by atoms with Crippen molar-refractivity contribution in [3.63, 3.8) is 0 Å². The zero-order valence-electron chi connectivity index (χ0n) is 15.6. The molecular formula is C20H24FN3O2S. The fourth-order valence-corrected chi connectivity index (χ4v) is 4.85. The minimum absolute atomic E-state index is 0.0889. The molecule has 0 aliphatic carbocycles. The minimum atomic E-state index is -0.330. The molecule has 0 unspecified atom stereocenters. The van der Waals surface area contributed by atoms with Crippen molar-refractivity contribution in [2.24, 2.45) is 5.92 Å². The molecule has 2 bridgehead atoms. The van der Waals surface area contributed by atoms with Crippen molar-refractivity contribution in [1.29, 1.82) is 0 Å². The molecule has 7 heteroatoms. The summed E-state index contributed by atoms with van der Waals surface area (Å²) in [6, 6.07) is 6.35. The molecule has 0 saturated carbocycles. The summed E-state index contributed by atoms with van der Waals surface area (Å²) in [4.78, 5) is 21.8. The molecule has 5 rings (SSSR count). The van der Waals surface area contributed by atoms with Gasteiger partial charge in [0.1, 0.15) is 5.82 Å². The first-order valence-electron chi connectivity index (χ1n) is 9.45. The van der Waals surface area contributed by atoms with Crippen molar-refractivity contribution in [3.05, 3.63) is 35.5 Å². The van der Waals surface area contributed by atoms with Crippen LogP contribution in [0.4, 0.5) is 14.3 Å². The highest BCUT2D eigenvalue weighted by atomic mass is 32.1. The van der Waals surface area contributed by atoms with Gasteiger partial charge in [-0.15, -0.1) is 11.3 Å². The first-order chi connectivity index (χ1) is 13.0. The van der Waals surface area contributed by atoms with E-state index in [1.165, 1.54) is 23.5 Å². The van der Waals surface area contributed by atoms with Crippen molar-refractivity contribution in [2.75, 3.05) is 24.5 Å². The summed E-state index contributed by atoms with van der Waals surface area (Å²) >= 11 is 1.43. The molecule has 2 aromatic rings. The third kappa shape index (κ3) is 3.84. The Morgan fingerprint density at radius 1 is 1.30 bits per heavy atom. The molecule has 1 aromatic carbocycles. The zero-order valence-corrected chi connectivity index (χ0v) is 16.4. The maximum Gasteiger partial charge on any atom is 0.416 e. The molecule has 0 spiro atoms. The highest BCUT2D eigenvalue weighted by Gasteiger charge is 2.41. The van der Waals surface area contributed by atoms with Crippen LogP contribution in [0.5, 0.6) is 0 Å². The van der Waals surface area contributed by atoms with Gasteiger partial charge in [0.2, 0.25) is 0 Å². The van der Waals surface area contributed by atoms with Crippen LogP contribution < -0.4 is 4.90 Å². The summed E-state index contributed by atoms with van der Waals surface area (Å²) in [5.74, 6) is 0.205. The molecule has 0 N–H and O–H groups in total. The number of amides is 1. The predicted octanol–water partition coefficient (Wildman–Crippen LogP) is 4.39. The Bertz CT molecular complexity index is 800. The van der Waals surface area contributed by atoms with Gasteiger partial charge in [0.05, 0.1) is 17.8 Å². The number of halogens is 1. The second-order valence-electron chi connectivity index (χ2n) is 7.53. The number of aromatic nitrogens is 1. The van der Waals surface area contributed by atoms with Crippen LogP contribution >= 0.6 is 11.3 Å². The number of rotatable bonds is 4. The van der Waals surface area contributed by atoms with Crippen LogP contribution in [0.3, 0.4) is 0 Å². The topological polar surface area (TPSA) is 45.7 Å². The van der Waals surface area contributed by atoms with Crippen molar-refractivity contribution in [3.8, 4) is 11.3 Å². The molecule has 1 aromatic heterocycles. The second kappa shape index (κ2) is 7.56. The third-order valence-corrected chi connectivity index (χ3v) is 6.16. The lowest BCUT2D eigenvalue weighted by Gasteiger charge is -2.47. The molecule has 3 fully saturated rings. The summed E-state index contributed by atoms with van der Waals surface area (Å²) < 4.78 is 18.7. The number of nitrogens with zero attached hydrogens (tertiary/aromatic N) is 3. The van der Waals surface area contributed by atoms with E-state index in [0.29, 0.717) is 11.0 Å². The lowest BCUT2D eigenvalue weighted by molar-refractivity contribution is 0.0732. The van der Waals surface area contributed by atoms with Crippen molar-refractivity contribution in [2.45, 2.75) is 38.8 Å². The van der Waals surface area contributed by atoms with Crippen molar-refractivity contribution >= 4 is 22.6 Å². The molecule has 144 valence electrons. The standard InChI is InChI=1S/C20H24FN3O2S/c1-13(2)26-20(25)24(18-11-23-9-7-15(18)8-10-23)19-22-17(12-27-19)14-3-5-16(21)6-4-14/h3-6,12-13,15,18H,7-11H2,1-2H3/t18-/m1/s1. The molecule has 0 radical (unpaired) electrons. The molecule has 27 heavy (non-hydrogen) atoms. The Kier molecular flexibility index (Phi) is 5.14. The number of thiazole rings is 1. The minimum Gasteiger partial charge on any atom is -0.446 e. The van der Waals surface area contributed by atoms with E-state index in [1.807, 2.05) is 19.2 Å². The molecule has 3 aliphatic heterocycles. The summed E-state index contributed by atoms with van der Waals surface area (Å²) in [6.45, 7) is 6.79. The van der Waals surface area contributed by atoms with Crippen LogP contribution in [0.2, 0.25) is 0 Å². The number of hydrogen-bond acceptors (Lipinski definition) is 5. The van der Waals surface area contributed by atoms with Crippen LogP contribution in [0.1, 0.15) is 26.7 Å². The first kappa shape index (κ1) is 18.4. The Hall–Kier alpha value is -1.99. The highest BCUT2D eigenvalue weighted by Crippen LogP contribution is 2.36. The van der Waals surface area contributed by atoms with Crippen molar-refractivity contribution < 1.29 is 13.9 Å². The highest BCUT2D eigenvalue weighted by molar-refractivity contribution is 7.14. The average Bonchev–Trinajstić information content (AvgIpc) is 3.12. The molecule has 1 amide bonds. The summed E-state index contributed by atoms with van der Waals surface area (Å²) in [5.41, 5.74) is 1.59. The normalized spacial score (nSPS) is 24.2. The third-order valence-electron chi connectivity index (χ3n) is 5.32. The lowest BCUT2D eigenvalue weighted by atomic mass is 9.83. The number of benzene rings is 1. The monoisotopic (exact) mass is 389 g/mol. The SMILES string of the molecule is CC(C)OC(=O)N(c1nc(-c2ccc(F)cc2)cs1)[C@@H]1CN2CCC1CC2. The predicted molar refractivity (Wildman–Crippen MR) is 105 cm³/mol. The number of piperidine rings is 3. The first-order valence-corrected chi connectivity index (χ1v) is 10.3. The summed E-state index contributed by atoms with van der Waals surface area (Å²) in [5, 5.41) is 2.57. The van der Waals surface area contributed by atoms with Crippen LogP contribution in [0.25, 0.3) is 11.3 Å². The quantitative estimate of drug-likeness (QED) is 0.778. The van der Waals surface area contributed by atoms with Gasteiger partial charge >= 0.3 is 6.09 Å². The van der Waals surface area contributed by atoms with E-state index in [-0.39, 0.29) is 24.1 Å². The maximum atomic E-state index is 13.2. The molecule has 3 aliphatic rings. The van der Waals surface area contributed by atoms with Gasteiger partial charge in [-0.1, -0.05) is 0 Å². The number of carbonyl (C=O) groups is 1. The molecule has 1 atom stereocenters. The Morgan fingerprint density at radius 2 is 2.00 bits per heavy atom. The van der Waals surface area contributed by atoms with Crippen LogP contribution in [-0.2, 0) is 4.74 Å². The van der Waals surface area contributed by atoms with Crippen LogP contribution in [0.15, 0.2) is 29.6 Å².